The summed E-state index contributed by atoms with van der Waals surface area (Å²) in [6, 6.07) is 19.2. The van der Waals surface area contributed by atoms with Crippen molar-refractivity contribution in [3.63, 3.8) is 0 Å². The summed E-state index contributed by atoms with van der Waals surface area (Å²) in [4.78, 5) is 6.38. The first-order valence-corrected chi connectivity index (χ1v) is 11.7. The summed E-state index contributed by atoms with van der Waals surface area (Å²) in [6.07, 6.45) is 7.36. The fraction of sp³-hybridized carbons (Fsp3) is 0.556. The summed E-state index contributed by atoms with van der Waals surface area (Å²) in [7, 11) is 4.38. The maximum Gasteiger partial charge on any atom is 0.144 e. The van der Waals surface area contributed by atoms with Crippen LogP contribution in [0.2, 0.25) is 0 Å². The second-order valence-corrected chi connectivity index (χ2v) is 9.03. The zero-order valence-corrected chi connectivity index (χ0v) is 19.8. The molecule has 0 aromatic heterocycles. The molecule has 0 heterocycles. The van der Waals surface area contributed by atoms with E-state index >= 15 is 0 Å². The number of hydroxylamine groups is 3. The molecule has 0 spiro atoms. The summed E-state index contributed by atoms with van der Waals surface area (Å²) in [5.74, 6) is 1.69. The van der Waals surface area contributed by atoms with Gasteiger partial charge in [0.2, 0.25) is 0 Å². The van der Waals surface area contributed by atoms with E-state index in [0.29, 0.717) is 23.9 Å². The summed E-state index contributed by atoms with van der Waals surface area (Å²) < 4.78 is 6.36. The maximum absolute atomic E-state index is 6.38. The van der Waals surface area contributed by atoms with Gasteiger partial charge in [-0.3, -0.25) is 0 Å². The van der Waals surface area contributed by atoms with Crippen LogP contribution in [0.1, 0.15) is 70.0 Å². The molecule has 0 aliphatic carbocycles. The van der Waals surface area contributed by atoms with Gasteiger partial charge < -0.3 is 4.74 Å². The molecule has 0 N–H and O–H groups in total. The maximum atomic E-state index is 6.38. The Labute approximate surface area is 184 Å². The van der Waals surface area contributed by atoms with E-state index in [4.69, 9.17) is 9.57 Å². The number of hydrogen-bond donors (Lipinski definition) is 0. The van der Waals surface area contributed by atoms with Gasteiger partial charge in [-0.15, -0.1) is 0 Å². The Morgan fingerprint density at radius 3 is 2.17 bits per heavy atom. The molecule has 1 atom stereocenters. The lowest BCUT2D eigenvalue weighted by atomic mass is 9.93. The average molecular weight is 413 g/mol. The normalized spacial score (nSPS) is 12.9. The lowest BCUT2D eigenvalue weighted by molar-refractivity contribution is -1.10. The van der Waals surface area contributed by atoms with Gasteiger partial charge in [-0.05, 0) is 36.5 Å². The van der Waals surface area contributed by atoms with Gasteiger partial charge >= 0.3 is 0 Å². The Kier molecular flexibility index (Phi) is 10.4. The highest BCUT2D eigenvalue weighted by molar-refractivity contribution is 5.29. The van der Waals surface area contributed by atoms with Gasteiger partial charge in [-0.25, -0.2) is 0 Å². The van der Waals surface area contributed by atoms with Crippen molar-refractivity contribution in [1.82, 2.24) is 0 Å². The Morgan fingerprint density at radius 2 is 1.47 bits per heavy atom. The third-order valence-corrected chi connectivity index (χ3v) is 5.82. The summed E-state index contributed by atoms with van der Waals surface area (Å²) in [5, 5.41) is 0. The molecule has 0 saturated carbocycles. The quantitative estimate of drug-likeness (QED) is 0.189. The second kappa shape index (κ2) is 12.8. The van der Waals surface area contributed by atoms with Crippen molar-refractivity contribution in [2.45, 2.75) is 65.3 Å². The van der Waals surface area contributed by atoms with Crippen molar-refractivity contribution in [3.05, 3.63) is 65.7 Å². The lowest BCUT2D eigenvalue weighted by Crippen LogP contribution is -2.44. The van der Waals surface area contributed by atoms with Crippen LogP contribution in [0.3, 0.4) is 0 Å². The SMILES string of the molecule is CCc1ccccc1C(CCCCCC(C)C)[N+](C)(C)OCCOc1ccccc1. The number of rotatable bonds is 14. The molecule has 2 rings (SSSR count). The summed E-state index contributed by atoms with van der Waals surface area (Å²) >= 11 is 0. The van der Waals surface area contributed by atoms with Crippen LogP contribution >= 0.6 is 0 Å². The van der Waals surface area contributed by atoms with E-state index in [1.165, 1.54) is 36.8 Å². The van der Waals surface area contributed by atoms with E-state index in [2.05, 4.69) is 59.1 Å². The largest absolute Gasteiger partial charge is 0.491 e. The third-order valence-electron chi connectivity index (χ3n) is 5.82. The van der Waals surface area contributed by atoms with Crippen LogP contribution < -0.4 is 4.74 Å². The Hall–Kier alpha value is -1.84. The molecule has 2 aromatic rings. The Morgan fingerprint density at radius 1 is 0.800 bits per heavy atom. The minimum Gasteiger partial charge on any atom is -0.491 e. The molecule has 0 amide bonds. The van der Waals surface area contributed by atoms with Crippen molar-refractivity contribution in [1.29, 1.82) is 0 Å². The zero-order valence-electron chi connectivity index (χ0n) is 19.8. The van der Waals surface area contributed by atoms with E-state index in [-0.39, 0.29) is 0 Å². The van der Waals surface area contributed by atoms with Crippen LogP contribution in [-0.2, 0) is 11.3 Å². The van der Waals surface area contributed by atoms with Crippen molar-refractivity contribution < 1.29 is 14.2 Å². The smallest absolute Gasteiger partial charge is 0.144 e. The lowest BCUT2D eigenvalue weighted by Gasteiger charge is -2.36. The van der Waals surface area contributed by atoms with Gasteiger partial charge in [-0.1, -0.05) is 82.5 Å². The van der Waals surface area contributed by atoms with Gasteiger partial charge in [0.25, 0.3) is 0 Å². The number of aryl methyl sites for hydroxylation is 1. The zero-order chi connectivity index (χ0) is 21.8. The molecular formula is C27H42NO2+. The van der Waals surface area contributed by atoms with Gasteiger partial charge in [0.15, 0.2) is 0 Å². The van der Waals surface area contributed by atoms with Crippen molar-refractivity contribution in [2.75, 3.05) is 27.3 Å². The van der Waals surface area contributed by atoms with Gasteiger partial charge in [0.1, 0.15) is 25.0 Å². The molecule has 1 unspecified atom stereocenters. The molecular weight excluding hydrogens is 370 g/mol. The number of benzene rings is 2. The second-order valence-electron chi connectivity index (χ2n) is 9.03. The predicted octanol–water partition coefficient (Wildman–Crippen LogP) is 6.98. The minimum absolute atomic E-state index is 0.330. The molecule has 166 valence electrons. The Balaban J connectivity index is 1.99. The monoisotopic (exact) mass is 412 g/mol. The number of para-hydroxylation sites is 1. The number of ether oxygens (including phenoxy) is 1. The molecule has 0 radical (unpaired) electrons. The average Bonchev–Trinajstić information content (AvgIpc) is 2.74. The van der Waals surface area contributed by atoms with Crippen molar-refractivity contribution in [2.24, 2.45) is 5.92 Å². The standard InChI is InChI=1S/C27H42NO2/c1-6-24-16-13-14-19-26(24)27(20-12-7-9-15-23(2)3)28(4,5)30-22-21-29-25-17-10-8-11-18-25/h8,10-11,13-14,16-19,23,27H,6-7,9,12,15,20-22H2,1-5H3/q+1. The number of hydrogen-bond acceptors (Lipinski definition) is 2. The first-order valence-electron chi connectivity index (χ1n) is 11.7. The molecule has 30 heavy (non-hydrogen) atoms. The van der Waals surface area contributed by atoms with E-state index < -0.39 is 0 Å². The first kappa shape index (κ1) is 24.4. The van der Waals surface area contributed by atoms with Gasteiger partial charge in [-0.2, -0.15) is 9.48 Å². The fourth-order valence-electron chi connectivity index (χ4n) is 4.09. The molecule has 3 nitrogen and oxygen atoms in total. The highest BCUT2D eigenvalue weighted by Gasteiger charge is 2.33. The van der Waals surface area contributed by atoms with E-state index in [1.54, 1.807) is 0 Å². The molecule has 0 aliphatic rings. The molecule has 0 saturated heterocycles. The van der Waals surface area contributed by atoms with Crippen LogP contribution in [-0.4, -0.2) is 32.0 Å². The predicted molar refractivity (Wildman–Crippen MR) is 126 cm³/mol. The number of unbranched alkanes of at least 4 members (excludes halogenated alkanes) is 2. The van der Waals surface area contributed by atoms with Crippen LogP contribution in [0.25, 0.3) is 0 Å². The molecule has 3 heteroatoms. The number of nitrogens with zero attached hydrogens (tertiary/aromatic N) is 1. The van der Waals surface area contributed by atoms with Gasteiger partial charge in [0, 0.05) is 12.0 Å². The highest BCUT2D eigenvalue weighted by Crippen LogP contribution is 2.33. The first-order chi connectivity index (χ1) is 14.4. The minimum atomic E-state index is 0.330. The van der Waals surface area contributed by atoms with Crippen LogP contribution in [0.4, 0.5) is 0 Å². The van der Waals surface area contributed by atoms with Gasteiger partial charge in [0.05, 0.1) is 14.1 Å². The number of quaternary nitrogens is 1. The molecule has 0 fully saturated rings. The third kappa shape index (κ3) is 8.12. The topological polar surface area (TPSA) is 18.5 Å². The van der Waals surface area contributed by atoms with E-state index in [0.717, 1.165) is 24.5 Å². The van der Waals surface area contributed by atoms with Crippen LogP contribution in [0, 0.1) is 5.92 Å². The van der Waals surface area contributed by atoms with E-state index in [9.17, 15) is 0 Å². The summed E-state index contributed by atoms with van der Waals surface area (Å²) in [5.41, 5.74) is 2.86. The highest BCUT2D eigenvalue weighted by atomic mass is 16.7. The molecule has 0 bridgehead atoms. The van der Waals surface area contributed by atoms with Crippen molar-refractivity contribution in [3.8, 4) is 5.75 Å². The Bertz CT molecular complexity index is 712. The fourth-order valence-corrected chi connectivity index (χ4v) is 4.09. The summed E-state index contributed by atoms with van der Waals surface area (Å²) in [6.45, 7) is 7.99. The van der Waals surface area contributed by atoms with Crippen molar-refractivity contribution >= 4 is 0 Å². The molecule has 2 aromatic carbocycles. The van der Waals surface area contributed by atoms with Crippen LogP contribution in [0.15, 0.2) is 54.6 Å². The van der Waals surface area contributed by atoms with E-state index in [1.807, 2.05) is 30.3 Å². The van der Waals surface area contributed by atoms with Crippen LogP contribution in [0.5, 0.6) is 5.75 Å². The molecule has 0 aliphatic heterocycles.